The molecule has 5 aliphatic carbocycles. The Balaban J connectivity index is 0.660. The lowest BCUT2D eigenvalue weighted by atomic mass is 9.70. The molecule has 0 unspecified atom stereocenters. The Hall–Kier alpha value is -11.1. The standard InChI is InChI=1S/C86H54N2/c1-9-25-73-61(17-1)62-18-2-10-26-74(62)85(73)77-29-13-5-21-65(77)67-45-37-55(49-79(67)85)57-39-47-71-69-23-7-15-31-81(69)87(83(71)51-57)59-41-33-53(34-42-59)54-35-43-60(44-36-54)88-82-32-16-8-24-70(82)72-48-40-58(52-84(72)88)56-38-46-68-66-22-6-14-30-78(66)86(80(68)50-56)75-27-11-3-19-63(75)64-20-4-12-28-76(64)86/h1-35,37-43,45-52H,36,44H2. The van der Waals surface area contributed by atoms with Gasteiger partial charge in [0.05, 0.1) is 32.9 Å². The van der Waals surface area contributed by atoms with Gasteiger partial charge in [-0.2, -0.15) is 0 Å². The maximum Gasteiger partial charge on any atom is 0.0725 e. The fraction of sp³-hybridized carbons (Fsp3) is 0.0465. The largest absolute Gasteiger partial charge is 0.313 e. The van der Waals surface area contributed by atoms with Crippen LogP contribution in [0.3, 0.4) is 0 Å². The summed E-state index contributed by atoms with van der Waals surface area (Å²) in [7, 11) is 0. The molecule has 0 aliphatic heterocycles. The van der Waals surface area contributed by atoms with E-state index in [4.69, 9.17) is 0 Å². The first-order valence-corrected chi connectivity index (χ1v) is 31.1. The molecule has 0 bridgehead atoms. The Morgan fingerprint density at radius 3 is 0.977 bits per heavy atom. The lowest BCUT2D eigenvalue weighted by molar-refractivity contribution is 0.794. The van der Waals surface area contributed by atoms with E-state index in [1.165, 1.54) is 172 Å². The summed E-state index contributed by atoms with van der Waals surface area (Å²) in [6, 6.07) is 110. The van der Waals surface area contributed by atoms with E-state index in [-0.39, 0.29) is 5.41 Å². The van der Waals surface area contributed by atoms with Crippen molar-refractivity contribution < 1.29 is 0 Å². The molecule has 2 nitrogen and oxygen atoms in total. The minimum atomic E-state index is -0.392. The van der Waals surface area contributed by atoms with Crippen molar-refractivity contribution in [3.8, 4) is 72.4 Å². The highest BCUT2D eigenvalue weighted by atomic mass is 15.0. The van der Waals surface area contributed by atoms with Gasteiger partial charge in [-0.15, -0.1) is 0 Å². The lowest BCUT2D eigenvalue weighted by Gasteiger charge is -2.30. The van der Waals surface area contributed by atoms with E-state index in [0.717, 1.165) is 18.5 Å². The van der Waals surface area contributed by atoms with Crippen LogP contribution in [0.15, 0.2) is 303 Å². The van der Waals surface area contributed by atoms with Crippen molar-refractivity contribution >= 4 is 54.9 Å². The third-order valence-electron chi connectivity index (χ3n) is 20.9. The molecular formula is C86H54N2. The molecule has 88 heavy (non-hydrogen) atoms. The minimum absolute atomic E-state index is 0.387. The van der Waals surface area contributed by atoms with E-state index in [0.29, 0.717) is 0 Å². The molecule has 2 spiro atoms. The van der Waals surface area contributed by atoms with Gasteiger partial charge in [-0.25, -0.2) is 0 Å². The van der Waals surface area contributed by atoms with E-state index in [1.54, 1.807) is 0 Å². The first-order chi connectivity index (χ1) is 43.6. The highest BCUT2D eigenvalue weighted by Gasteiger charge is 2.53. The van der Waals surface area contributed by atoms with Gasteiger partial charge in [0, 0.05) is 32.9 Å². The number of rotatable bonds is 5. The molecule has 0 fully saturated rings. The number of hydrogen-bond donors (Lipinski definition) is 0. The quantitative estimate of drug-likeness (QED) is 0.163. The van der Waals surface area contributed by atoms with Crippen molar-refractivity contribution in [3.05, 3.63) is 353 Å². The van der Waals surface area contributed by atoms with E-state index >= 15 is 0 Å². The molecule has 2 heteroatoms. The number of nitrogens with zero attached hydrogens (tertiary/aromatic N) is 2. The van der Waals surface area contributed by atoms with Crippen molar-refractivity contribution in [1.29, 1.82) is 0 Å². The second-order valence-electron chi connectivity index (χ2n) is 24.9. The summed E-state index contributed by atoms with van der Waals surface area (Å²) in [5.74, 6) is 0. The van der Waals surface area contributed by atoms with Gasteiger partial charge in [0.2, 0.25) is 0 Å². The van der Waals surface area contributed by atoms with Crippen LogP contribution in [-0.2, 0) is 10.8 Å². The number of allylic oxidation sites excluding steroid dienone is 4. The number of fused-ring (bicyclic) bond motifs is 26. The lowest BCUT2D eigenvalue weighted by Crippen LogP contribution is -2.25. The van der Waals surface area contributed by atoms with Gasteiger partial charge in [-0.3, -0.25) is 0 Å². The van der Waals surface area contributed by atoms with Crippen molar-refractivity contribution in [2.24, 2.45) is 0 Å². The minimum Gasteiger partial charge on any atom is -0.313 e. The SMILES string of the molecule is C1=C(c2ccc(-n3c4ccccc4c4ccc(-c5ccc6c(c5)C5(c7ccccc7-c7ccccc75)c5ccccc5-6)cc43)cc2)CCC(n2c3ccccc3c3ccc(-c4ccc5c(c4)C4(c6ccccc6-c6ccccc64)c4ccccc4-5)cc32)=C1. The monoisotopic (exact) mass is 1110 g/mol. The summed E-state index contributed by atoms with van der Waals surface area (Å²) in [6.45, 7) is 0. The van der Waals surface area contributed by atoms with Gasteiger partial charge in [0.1, 0.15) is 0 Å². The topological polar surface area (TPSA) is 9.86 Å². The highest BCUT2D eigenvalue weighted by Crippen LogP contribution is 2.65. The number of hydrogen-bond acceptors (Lipinski definition) is 0. The Kier molecular flexibility index (Phi) is 9.73. The Labute approximate surface area is 510 Å². The van der Waals surface area contributed by atoms with E-state index in [9.17, 15) is 0 Å². The number of para-hydroxylation sites is 2. The second kappa shape index (κ2) is 17.8. The molecule has 13 aromatic carbocycles. The van der Waals surface area contributed by atoms with Crippen LogP contribution < -0.4 is 0 Å². The molecule has 0 amide bonds. The summed E-state index contributed by atoms with van der Waals surface area (Å²) in [4.78, 5) is 0. The van der Waals surface area contributed by atoms with Gasteiger partial charge in [-0.1, -0.05) is 249 Å². The average Bonchev–Trinajstić information content (AvgIpc) is 1.54. The normalized spacial score (nSPS) is 14.8. The molecule has 0 N–H and O–H groups in total. The van der Waals surface area contributed by atoms with Gasteiger partial charge < -0.3 is 9.13 Å². The molecule has 15 aromatic rings. The van der Waals surface area contributed by atoms with Crippen LogP contribution in [0.2, 0.25) is 0 Å². The zero-order chi connectivity index (χ0) is 57.4. The maximum atomic E-state index is 2.54. The highest BCUT2D eigenvalue weighted by molar-refractivity contribution is 6.12. The molecule has 408 valence electrons. The number of aromatic nitrogens is 2. The van der Waals surface area contributed by atoms with Crippen molar-refractivity contribution in [2.45, 2.75) is 23.7 Å². The van der Waals surface area contributed by atoms with Crippen LogP contribution >= 0.6 is 0 Å². The maximum absolute atomic E-state index is 2.54. The fourth-order valence-electron chi connectivity index (χ4n) is 17.3. The molecule has 2 heterocycles. The summed E-state index contributed by atoms with van der Waals surface area (Å²) >= 11 is 0. The molecule has 0 saturated heterocycles. The number of benzene rings is 13. The molecule has 20 rings (SSSR count). The first kappa shape index (κ1) is 48.2. The Bertz CT molecular complexity index is 5510. The third kappa shape index (κ3) is 6.21. The molecule has 0 saturated carbocycles. The van der Waals surface area contributed by atoms with Crippen LogP contribution in [0.5, 0.6) is 0 Å². The van der Waals surface area contributed by atoms with E-state index in [2.05, 4.69) is 312 Å². The summed E-state index contributed by atoms with van der Waals surface area (Å²) in [6.07, 6.45) is 6.63. The average molecular weight is 1120 g/mol. The fourth-order valence-corrected chi connectivity index (χ4v) is 17.3. The summed E-state index contributed by atoms with van der Waals surface area (Å²) in [5.41, 5.74) is 35.6. The zero-order valence-corrected chi connectivity index (χ0v) is 48.2. The van der Waals surface area contributed by atoms with Crippen molar-refractivity contribution in [3.63, 3.8) is 0 Å². The van der Waals surface area contributed by atoms with Crippen molar-refractivity contribution in [2.75, 3.05) is 0 Å². The van der Waals surface area contributed by atoms with Gasteiger partial charge in [0.25, 0.3) is 0 Å². The van der Waals surface area contributed by atoms with Crippen molar-refractivity contribution in [1.82, 2.24) is 9.13 Å². The molecule has 0 atom stereocenters. The van der Waals surface area contributed by atoms with Crippen LogP contribution in [0.4, 0.5) is 0 Å². The van der Waals surface area contributed by atoms with Gasteiger partial charge in [-0.05, 0) is 190 Å². The van der Waals surface area contributed by atoms with E-state index < -0.39 is 5.41 Å². The molecule has 2 aromatic heterocycles. The molecular weight excluding hydrogens is 1060 g/mol. The van der Waals surface area contributed by atoms with E-state index in [1.807, 2.05) is 0 Å². The zero-order valence-electron chi connectivity index (χ0n) is 48.2. The van der Waals surface area contributed by atoms with Gasteiger partial charge in [0.15, 0.2) is 0 Å². The van der Waals surface area contributed by atoms with Gasteiger partial charge >= 0.3 is 0 Å². The van der Waals surface area contributed by atoms with Crippen LogP contribution in [0.1, 0.15) is 62.9 Å². The molecule has 0 radical (unpaired) electrons. The van der Waals surface area contributed by atoms with Crippen LogP contribution in [-0.4, -0.2) is 9.13 Å². The predicted octanol–water partition coefficient (Wildman–Crippen LogP) is 21.6. The Morgan fingerprint density at radius 2 is 0.557 bits per heavy atom. The predicted molar refractivity (Wildman–Crippen MR) is 365 cm³/mol. The Morgan fingerprint density at radius 1 is 0.227 bits per heavy atom. The van der Waals surface area contributed by atoms with Crippen LogP contribution in [0.25, 0.3) is 127 Å². The second-order valence-corrected chi connectivity index (χ2v) is 24.9. The first-order valence-electron chi connectivity index (χ1n) is 31.1. The smallest absolute Gasteiger partial charge is 0.0725 e. The third-order valence-corrected chi connectivity index (χ3v) is 20.9. The summed E-state index contributed by atoms with van der Waals surface area (Å²) in [5, 5.41) is 5.07. The van der Waals surface area contributed by atoms with Crippen LogP contribution in [0, 0.1) is 0 Å². The molecule has 5 aliphatic rings. The summed E-state index contributed by atoms with van der Waals surface area (Å²) < 4.78 is 5.02.